The van der Waals surface area contributed by atoms with Gasteiger partial charge in [0.15, 0.2) is 0 Å². The lowest BCUT2D eigenvalue weighted by Gasteiger charge is -2.29. The van der Waals surface area contributed by atoms with Gasteiger partial charge >= 0.3 is 0 Å². The van der Waals surface area contributed by atoms with Crippen molar-refractivity contribution in [1.29, 1.82) is 0 Å². The van der Waals surface area contributed by atoms with Crippen LogP contribution in [0.4, 0.5) is 5.69 Å². The van der Waals surface area contributed by atoms with Crippen LogP contribution in [0.15, 0.2) is 60.0 Å². The van der Waals surface area contributed by atoms with Gasteiger partial charge < -0.3 is 10.6 Å². The fraction of sp³-hybridized carbons (Fsp3) is 0.333. The molecular formula is C24H27N3O4S. The fourth-order valence-corrected chi connectivity index (χ4v) is 4.89. The fourth-order valence-electron chi connectivity index (χ4n) is 3.67. The Morgan fingerprint density at radius 3 is 2.34 bits per heavy atom. The number of nitrogens with one attached hydrogen (secondary N) is 2. The number of benzene rings is 2. The van der Waals surface area contributed by atoms with Crippen molar-refractivity contribution in [2.45, 2.75) is 31.7 Å². The minimum absolute atomic E-state index is 0.134. The molecule has 4 rings (SSSR count). The molecule has 0 spiro atoms. The van der Waals surface area contributed by atoms with E-state index in [1.165, 1.54) is 9.71 Å². The number of carbonyl (C=O) groups is 2. The summed E-state index contributed by atoms with van der Waals surface area (Å²) >= 11 is 0. The van der Waals surface area contributed by atoms with Crippen LogP contribution in [0.5, 0.6) is 0 Å². The van der Waals surface area contributed by atoms with Crippen LogP contribution in [0.3, 0.4) is 0 Å². The van der Waals surface area contributed by atoms with Gasteiger partial charge in [0.25, 0.3) is 5.91 Å². The van der Waals surface area contributed by atoms with Crippen molar-refractivity contribution in [2.24, 2.45) is 5.92 Å². The maximum Gasteiger partial charge on any atom is 0.251 e. The van der Waals surface area contributed by atoms with Gasteiger partial charge in [-0.25, -0.2) is 8.42 Å². The maximum atomic E-state index is 12.7. The molecule has 1 saturated heterocycles. The van der Waals surface area contributed by atoms with Crippen molar-refractivity contribution in [1.82, 2.24) is 9.62 Å². The Morgan fingerprint density at radius 1 is 0.938 bits per heavy atom. The van der Waals surface area contributed by atoms with Crippen LogP contribution >= 0.6 is 0 Å². The van der Waals surface area contributed by atoms with Gasteiger partial charge in [-0.05, 0) is 55.5 Å². The smallest absolute Gasteiger partial charge is 0.251 e. The first-order chi connectivity index (χ1) is 15.4. The molecule has 7 nitrogen and oxygen atoms in total. The minimum atomic E-state index is -3.53. The second-order valence-electron chi connectivity index (χ2n) is 8.25. The molecule has 0 unspecified atom stereocenters. The lowest BCUT2D eigenvalue weighted by molar-refractivity contribution is -0.120. The molecule has 2 aromatic carbocycles. The van der Waals surface area contributed by atoms with E-state index in [0.717, 1.165) is 18.4 Å². The summed E-state index contributed by atoms with van der Waals surface area (Å²) in [6.07, 6.45) is 4.51. The zero-order chi connectivity index (χ0) is 22.6. The van der Waals surface area contributed by atoms with Crippen molar-refractivity contribution >= 4 is 33.6 Å². The normalized spacial score (nSPS) is 17.9. The molecule has 1 aliphatic carbocycles. The van der Waals surface area contributed by atoms with Gasteiger partial charge in [-0.1, -0.05) is 36.4 Å². The summed E-state index contributed by atoms with van der Waals surface area (Å²) in [6.45, 7) is 0.590. The van der Waals surface area contributed by atoms with Gasteiger partial charge in [0.05, 0.1) is 0 Å². The number of hydrogen-bond donors (Lipinski definition) is 2. The van der Waals surface area contributed by atoms with Gasteiger partial charge in [0, 0.05) is 41.7 Å². The van der Waals surface area contributed by atoms with E-state index in [9.17, 15) is 18.0 Å². The van der Waals surface area contributed by atoms with Crippen molar-refractivity contribution in [3.63, 3.8) is 0 Å². The molecule has 1 aliphatic heterocycles. The average molecular weight is 454 g/mol. The van der Waals surface area contributed by atoms with E-state index < -0.39 is 10.0 Å². The summed E-state index contributed by atoms with van der Waals surface area (Å²) in [7, 11) is -3.53. The first-order valence-electron chi connectivity index (χ1n) is 10.9. The number of sulfonamides is 1. The summed E-state index contributed by atoms with van der Waals surface area (Å²) in [5.41, 5.74) is 1.90. The van der Waals surface area contributed by atoms with E-state index in [2.05, 4.69) is 10.6 Å². The largest absolute Gasteiger partial charge is 0.349 e. The van der Waals surface area contributed by atoms with Crippen molar-refractivity contribution in [3.8, 4) is 0 Å². The predicted octanol–water partition coefficient (Wildman–Crippen LogP) is 3.23. The molecule has 168 valence electrons. The van der Waals surface area contributed by atoms with Gasteiger partial charge in [-0.15, -0.1) is 0 Å². The zero-order valence-electron chi connectivity index (χ0n) is 17.7. The van der Waals surface area contributed by atoms with Gasteiger partial charge in [0.1, 0.15) is 0 Å². The van der Waals surface area contributed by atoms with Crippen LogP contribution in [-0.2, 0) is 14.8 Å². The average Bonchev–Trinajstić information content (AvgIpc) is 3.63. The van der Waals surface area contributed by atoms with E-state index in [1.807, 2.05) is 30.3 Å². The van der Waals surface area contributed by atoms with Crippen LogP contribution in [0.2, 0.25) is 0 Å². The predicted molar refractivity (Wildman–Crippen MR) is 124 cm³/mol. The molecular weight excluding hydrogens is 426 g/mol. The van der Waals surface area contributed by atoms with E-state index in [0.29, 0.717) is 37.2 Å². The number of nitrogens with zero attached hydrogens (tertiary/aromatic N) is 1. The monoisotopic (exact) mass is 453 g/mol. The van der Waals surface area contributed by atoms with Crippen LogP contribution < -0.4 is 10.6 Å². The van der Waals surface area contributed by atoms with E-state index in [1.54, 1.807) is 30.3 Å². The number of amides is 2. The molecule has 2 aromatic rings. The molecule has 0 bridgehead atoms. The highest BCUT2D eigenvalue weighted by atomic mass is 32.2. The third kappa shape index (κ3) is 5.83. The van der Waals surface area contributed by atoms with Crippen molar-refractivity contribution in [3.05, 3.63) is 71.1 Å². The SMILES string of the molecule is O=C(NC1CC1)c1cccc(NC(=O)C2CCN(S(=O)(=O)C=Cc3ccccc3)CC2)c1. The summed E-state index contributed by atoms with van der Waals surface area (Å²) in [5, 5.41) is 7.03. The van der Waals surface area contributed by atoms with Gasteiger partial charge in [-0.3, -0.25) is 9.59 Å². The second kappa shape index (κ2) is 9.67. The Balaban J connectivity index is 1.30. The Hall–Kier alpha value is -2.97. The number of piperidine rings is 1. The topological polar surface area (TPSA) is 95.6 Å². The summed E-state index contributed by atoms with van der Waals surface area (Å²) in [5.74, 6) is -0.559. The minimum Gasteiger partial charge on any atom is -0.349 e. The molecule has 1 heterocycles. The zero-order valence-corrected chi connectivity index (χ0v) is 18.6. The molecule has 8 heteroatoms. The Labute approximate surface area is 188 Å². The lowest BCUT2D eigenvalue weighted by Crippen LogP contribution is -2.40. The van der Waals surface area contributed by atoms with Crippen molar-refractivity contribution in [2.75, 3.05) is 18.4 Å². The van der Waals surface area contributed by atoms with Crippen LogP contribution in [-0.4, -0.2) is 43.7 Å². The molecule has 2 N–H and O–H groups in total. The number of rotatable bonds is 7. The highest BCUT2D eigenvalue weighted by molar-refractivity contribution is 7.92. The Kier molecular flexibility index (Phi) is 6.72. The molecule has 2 aliphatic rings. The third-order valence-electron chi connectivity index (χ3n) is 5.72. The molecule has 32 heavy (non-hydrogen) atoms. The highest BCUT2D eigenvalue weighted by Gasteiger charge is 2.30. The molecule has 0 aromatic heterocycles. The van der Waals surface area contributed by atoms with Gasteiger partial charge in [-0.2, -0.15) is 4.31 Å². The molecule has 2 fully saturated rings. The van der Waals surface area contributed by atoms with Crippen molar-refractivity contribution < 1.29 is 18.0 Å². The molecule has 2 amide bonds. The maximum absolute atomic E-state index is 12.7. The Morgan fingerprint density at radius 2 is 1.66 bits per heavy atom. The van der Waals surface area contributed by atoms with E-state index >= 15 is 0 Å². The van der Waals surface area contributed by atoms with Crippen LogP contribution in [0.25, 0.3) is 6.08 Å². The quantitative estimate of drug-likeness (QED) is 0.673. The number of hydrogen-bond acceptors (Lipinski definition) is 4. The molecule has 0 radical (unpaired) electrons. The summed E-state index contributed by atoms with van der Waals surface area (Å²) < 4.78 is 26.6. The van der Waals surface area contributed by atoms with Gasteiger partial charge in [0.2, 0.25) is 15.9 Å². The second-order valence-corrected chi connectivity index (χ2v) is 10.1. The summed E-state index contributed by atoms with van der Waals surface area (Å²) in [4.78, 5) is 24.9. The van der Waals surface area contributed by atoms with E-state index in [4.69, 9.17) is 0 Å². The molecule has 1 saturated carbocycles. The highest BCUT2D eigenvalue weighted by Crippen LogP contribution is 2.23. The van der Waals surface area contributed by atoms with Crippen LogP contribution in [0.1, 0.15) is 41.6 Å². The summed E-state index contributed by atoms with van der Waals surface area (Å²) in [6, 6.07) is 16.4. The van der Waals surface area contributed by atoms with Crippen LogP contribution in [0, 0.1) is 5.92 Å². The Bertz CT molecular complexity index is 1100. The standard InChI is InChI=1S/C24H27N3O4S/c28-23(26-22-8-4-7-20(17-22)24(29)25-21-9-10-21)19-11-14-27(15-12-19)32(30,31)16-13-18-5-2-1-3-6-18/h1-8,13,16-17,19,21H,9-12,14-15H2,(H,25,29)(H,26,28). The first-order valence-corrected chi connectivity index (χ1v) is 12.4. The first kappa shape index (κ1) is 22.2. The molecule has 0 atom stereocenters. The number of anilines is 1. The third-order valence-corrected chi connectivity index (χ3v) is 7.29. The lowest BCUT2D eigenvalue weighted by atomic mass is 9.97. The number of carbonyl (C=O) groups excluding carboxylic acids is 2. The van der Waals surface area contributed by atoms with E-state index in [-0.39, 0.29) is 23.8 Å².